The van der Waals surface area contributed by atoms with Gasteiger partial charge in [-0.1, -0.05) is 36.9 Å². The third-order valence-electron chi connectivity index (χ3n) is 1.21. The Morgan fingerprint density at radius 3 is 2.60 bits per heavy atom. The van der Waals surface area contributed by atoms with Crippen molar-refractivity contribution < 1.29 is 0 Å². The molecule has 0 spiro atoms. The van der Waals surface area contributed by atoms with Crippen molar-refractivity contribution in [1.82, 2.24) is 0 Å². The van der Waals surface area contributed by atoms with Gasteiger partial charge >= 0.3 is 0 Å². The van der Waals surface area contributed by atoms with Crippen LogP contribution < -0.4 is 0 Å². The van der Waals surface area contributed by atoms with Crippen LogP contribution in [0.1, 0.15) is 5.56 Å². The van der Waals surface area contributed by atoms with E-state index < -0.39 is 0 Å². The van der Waals surface area contributed by atoms with E-state index in [1.165, 1.54) is 5.56 Å². The predicted octanol–water partition coefficient (Wildman–Crippen LogP) is 3.06. The van der Waals surface area contributed by atoms with E-state index in [9.17, 15) is 0 Å². The van der Waals surface area contributed by atoms with Gasteiger partial charge in [0.2, 0.25) is 0 Å². The smallest absolute Gasteiger partial charge is 0.0225 e. The lowest BCUT2D eigenvalue weighted by molar-refractivity contribution is 1.42. The number of hydrogen-bond donors (Lipinski definition) is 0. The minimum Gasteiger partial charge on any atom is -0.130 e. The molecule has 0 nitrogen and oxygen atoms in total. The fourth-order valence-corrected chi connectivity index (χ4v) is 1.23. The van der Waals surface area contributed by atoms with Crippen LogP contribution in [0.3, 0.4) is 0 Å². The van der Waals surface area contributed by atoms with Gasteiger partial charge < -0.3 is 0 Å². The van der Waals surface area contributed by atoms with Crippen LogP contribution in [-0.4, -0.2) is 0 Å². The molecule has 1 aromatic rings. The van der Waals surface area contributed by atoms with Crippen molar-refractivity contribution >= 4 is 11.8 Å². The van der Waals surface area contributed by atoms with Crippen LogP contribution in [0.2, 0.25) is 0 Å². The molecule has 0 aromatic heterocycles. The zero-order chi connectivity index (χ0) is 7.23. The molecule has 0 aliphatic heterocycles. The third kappa shape index (κ3) is 2.28. The number of benzene rings is 1. The van der Waals surface area contributed by atoms with Crippen LogP contribution >= 0.6 is 11.8 Å². The van der Waals surface area contributed by atoms with Crippen LogP contribution in [0.15, 0.2) is 42.3 Å². The van der Waals surface area contributed by atoms with Crippen molar-refractivity contribution in [2.45, 2.75) is 5.75 Å². The van der Waals surface area contributed by atoms with E-state index >= 15 is 0 Å². The summed E-state index contributed by atoms with van der Waals surface area (Å²) in [4.78, 5) is 0. The molecule has 52 valence electrons. The topological polar surface area (TPSA) is 0 Å². The second kappa shape index (κ2) is 4.18. The maximum absolute atomic E-state index is 3.64. The Bertz CT molecular complexity index is 191. The minimum absolute atomic E-state index is 1.03. The molecule has 0 saturated heterocycles. The molecule has 0 saturated carbocycles. The normalized spacial score (nSPS) is 9.20. The Balaban J connectivity index is 2.50. The molecule has 0 unspecified atom stereocenters. The summed E-state index contributed by atoms with van der Waals surface area (Å²) < 4.78 is 0. The van der Waals surface area contributed by atoms with E-state index in [4.69, 9.17) is 0 Å². The first-order valence-electron chi connectivity index (χ1n) is 3.20. The highest BCUT2D eigenvalue weighted by Crippen LogP contribution is 2.10. The fourth-order valence-electron chi connectivity index (χ4n) is 0.729. The molecule has 0 fully saturated rings. The molecule has 0 aliphatic rings. The highest BCUT2D eigenvalue weighted by Gasteiger charge is 1.86. The van der Waals surface area contributed by atoms with Gasteiger partial charge in [-0.15, -0.1) is 11.8 Å². The molecule has 0 N–H and O–H groups in total. The third-order valence-corrected chi connectivity index (χ3v) is 1.95. The van der Waals surface area contributed by atoms with Gasteiger partial charge in [0.05, 0.1) is 0 Å². The summed E-state index contributed by atoms with van der Waals surface area (Å²) in [6, 6.07) is 10.4. The second-order valence-corrected chi connectivity index (χ2v) is 2.92. The molecule has 0 atom stereocenters. The van der Waals surface area contributed by atoms with Crippen LogP contribution in [-0.2, 0) is 5.75 Å². The van der Waals surface area contributed by atoms with Crippen molar-refractivity contribution in [2.75, 3.05) is 0 Å². The summed E-state index contributed by atoms with van der Waals surface area (Å²) >= 11 is 1.73. The Morgan fingerprint density at radius 1 is 1.30 bits per heavy atom. The summed E-state index contributed by atoms with van der Waals surface area (Å²) in [5.41, 5.74) is 1.35. The number of thioether (sulfide) groups is 1. The van der Waals surface area contributed by atoms with E-state index in [2.05, 4.69) is 30.8 Å². The Kier molecular flexibility index (Phi) is 3.10. The monoisotopic (exact) mass is 150 g/mol. The first-order valence-corrected chi connectivity index (χ1v) is 4.25. The van der Waals surface area contributed by atoms with E-state index in [0.717, 1.165) is 5.75 Å². The largest absolute Gasteiger partial charge is 0.130 e. The zero-order valence-electron chi connectivity index (χ0n) is 5.79. The quantitative estimate of drug-likeness (QED) is 0.638. The number of hydrogen-bond acceptors (Lipinski definition) is 1. The van der Waals surface area contributed by atoms with Crippen molar-refractivity contribution in [3.05, 3.63) is 47.9 Å². The van der Waals surface area contributed by atoms with Crippen molar-refractivity contribution in [2.24, 2.45) is 0 Å². The molecule has 0 radical (unpaired) electrons. The minimum atomic E-state index is 1.03. The van der Waals surface area contributed by atoms with Gasteiger partial charge in [0.1, 0.15) is 0 Å². The predicted molar refractivity (Wildman–Crippen MR) is 47.9 cm³/mol. The first-order chi connectivity index (χ1) is 4.93. The molecule has 0 bridgehead atoms. The molecule has 0 amide bonds. The van der Waals surface area contributed by atoms with Crippen molar-refractivity contribution in [1.29, 1.82) is 0 Å². The molecule has 1 heteroatoms. The van der Waals surface area contributed by atoms with Crippen molar-refractivity contribution in [3.8, 4) is 0 Å². The van der Waals surface area contributed by atoms with Crippen LogP contribution in [0.5, 0.6) is 0 Å². The molecule has 0 heterocycles. The van der Waals surface area contributed by atoms with E-state index in [1.807, 2.05) is 11.5 Å². The van der Waals surface area contributed by atoms with Gasteiger partial charge in [0.15, 0.2) is 0 Å². The Hall–Kier alpha value is -0.690. The molecular weight excluding hydrogens is 140 g/mol. The van der Waals surface area contributed by atoms with Gasteiger partial charge in [-0.3, -0.25) is 0 Å². The highest BCUT2D eigenvalue weighted by molar-refractivity contribution is 8.01. The van der Waals surface area contributed by atoms with Crippen LogP contribution in [0.4, 0.5) is 0 Å². The average molecular weight is 150 g/mol. The average Bonchev–Trinajstić information content (AvgIpc) is 2.03. The molecule has 10 heavy (non-hydrogen) atoms. The standard InChI is InChI=1S/C9H10S/c1-2-10-8-9-6-4-3-5-7-9/h2-7H,1,8H2. The van der Waals surface area contributed by atoms with E-state index in [0.29, 0.717) is 0 Å². The summed E-state index contributed by atoms with van der Waals surface area (Å²) in [5.74, 6) is 1.03. The molecule has 1 rings (SSSR count). The lowest BCUT2D eigenvalue weighted by Crippen LogP contribution is -1.74. The maximum atomic E-state index is 3.64. The maximum Gasteiger partial charge on any atom is 0.0225 e. The summed E-state index contributed by atoms with van der Waals surface area (Å²) in [6.45, 7) is 3.64. The molecule has 0 aliphatic carbocycles. The van der Waals surface area contributed by atoms with Gasteiger partial charge in [-0.25, -0.2) is 0 Å². The van der Waals surface area contributed by atoms with E-state index in [1.54, 1.807) is 11.8 Å². The number of rotatable bonds is 3. The lowest BCUT2D eigenvalue weighted by atomic mass is 10.2. The lowest BCUT2D eigenvalue weighted by Gasteiger charge is -1.94. The molecular formula is C9H10S. The van der Waals surface area contributed by atoms with E-state index in [-0.39, 0.29) is 0 Å². The van der Waals surface area contributed by atoms with Gasteiger partial charge in [-0.2, -0.15) is 0 Å². The summed E-state index contributed by atoms with van der Waals surface area (Å²) in [5, 5.41) is 1.87. The Labute approximate surface area is 66.0 Å². The molecule has 1 aromatic carbocycles. The van der Waals surface area contributed by atoms with Gasteiger partial charge in [-0.05, 0) is 11.0 Å². The Morgan fingerprint density at radius 2 is 2.00 bits per heavy atom. The van der Waals surface area contributed by atoms with Crippen molar-refractivity contribution in [3.63, 3.8) is 0 Å². The zero-order valence-corrected chi connectivity index (χ0v) is 6.60. The first kappa shape index (κ1) is 7.42. The highest BCUT2D eigenvalue weighted by atomic mass is 32.2. The van der Waals surface area contributed by atoms with Gasteiger partial charge in [0, 0.05) is 5.75 Å². The van der Waals surface area contributed by atoms with Gasteiger partial charge in [0.25, 0.3) is 0 Å². The second-order valence-electron chi connectivity index (χ2n) is 1.96. The van der Waals surface area contributed by atoms with Crippen LogP contribution in [0.25, 0.3) is 0 Å². The van der Waals surface area contributed by atoms with Crippen LogP contribution in [0, 0.1) is 0 Å². The fraction of sp³-hybridized carbons (Fsp3) is 0.111. The summed E-state index contributed by atoms with van der Waals surface area (Å²) in [7, 11) is 0. The SMILES string of the molecule is C=CSCc1ccccc1. The summed E-state index contributed by atoms with van der Waals surface area (Å²) in [6.07, 6.45) is 0.